The Morgan fingerprint density at radius 2 is 1.71 bits per heavy atom. The van der Waals surface area contributed by atoms with E-state index in [1.807, 2.05) is 13.8 Å². The van der Waals surface area contributed by atoms with Crippen molar-refractivity contribution in [1.29, 1.82) is 0 Å². The van der Waals surface area contributed by atoms with E-state index in [4.69, 9.17) is 4.42 Å². The molecule has 0 unspecified atom stereocenters. The van der Waals surface area contributed by atoms with Gasteiger partial charge in [-0.15, -0.1) is 0 Å². The van der Waals surface area contributed by atoms with Gasteiger partial charge >= 0.3 is 0 Å². The zero-order valence-corrected chi connectivity index (χ0v) is 13.3. The molecular formula is C17H23FN2O. The van der Waals surface area contributed by atoms with Gasteiger partial charge < -0.3 is 4.42 Å². The van der Waals surface area contributed by atoms with Gasteiger partial charge in [0.1, 0.15) is 11.6 Å². The number of hydrogen-bond donors (Lipinski definition) is 1. The lowest BCUT2D eigenvalue weighted by atomic mass is 9.94. The summed E-state index contributed by atoms with van der Waals surface area (Å²) in [5.41, 5.74) is 0.688. The maximum Gasteiger partial charge on any atom is 0.208 e. The number of hydrogen-bond acceptors (Lipinski definition) is 3. The van der Waals surface area contributed by atoms with E-state index in [2.05, 4.69) is 31.1 Å². The van der Waals surface area contributed by atoms with Gasteiger partial charge in [-0.05, 0) is 31.5 Å². The van der Waals surface area contributed by atoms with Crippen molar-refractivity contribution in [2.75, 3.05) is 0 Å². The van der Waals surface area contributed by atoms with E-state index in [1.165, 1.54) is 12.1 Å². The fourth-order valence-electron chi connectivity index (χ4n) is 2.00. The van der Waals surface area contributed by atoms with Crippen LogP contribution in [-0.4, -0.2) is 4.98 Å². The smallest absolute Gasteiger partial charge is 0.208 e. The normalized spacial score (nSPS) is 12.7. The van der Waals surface area contributed by atoms with Crippen LogP contribution in [0.1, 0.15) is 51.8 Å². The Kier molecular flexibility index (Phi) is 4.19. The summed E-state index contributed by atoms with van der Waals surface area (Å²) in [6, 6.07) is 6.53. The predicted octanol–water partition coefficient (Wildman–Crippen LogP) is 4.14. The van der Waals surface area contributed by atoms with Crippen LogP contribution >= 0.6 is 0 Å². The molecule has 0 aliphatic carbocycles. The number of nitrogens with zero attached hydrogens (tertiary/aromatic N) is 1. The second kappa shape index (κ2) is 5.60. The van der Waals surface area contributed by atoms with E-state index in [0.29, 0.717) is 12.4 Å². The molecule has 2 aromatic rings. The largest absolute Gasteiger partial charge is 0.444 e. The summed E-state index contributed by atoms with van der Waals surface area (Å²) in [5.74, 6) is 1.31. The van der Waals surface area contributed by atoms with Crippen LogP contribution in [0.15, 0.2) is 34.9 Å². The Morgan fingerprint density at radius 1 is 1.10 bits per heavy atom. The molecule has 3 nitrogen and oxygen atoms in total. The predicted molar refractivity (Wildman–Crippen MR) is 81.5 cm³/mol. The first kappa shape index (κ1) is 15.7. The van der Waals surface area contributed by atoms with Crippen LogP contribution < -0.4 is 5.32 Å². The van der Waals surface area contributed by atoms with E-state index in [9.17, 15) is 4.39 Å². The van der Waals surface area contributed by atoms with Crippen LogP contribution in [0.3, 0.4) is 0 Å². The third-order valence-electron chi connectivity index (χ3n) is 3.54. The number of aromatic nitrogens is 1. The minimum absolute atomic E-state index is 0.0439. The SMILES string of the molecule is CC(C)(C)c1cnc(CNC(C)(C)c2ccc(F)cc2)o1. The number of halogens is 1. The molecule has 0 bridgehead atoms. The molecule has 0 aliphatic rings. The van der Waals surface area contributed by atoms with E-state index in [0.717, 1.165) is 11.3 Å². The summed E-state index contributed by atoms with van der Waals surface area (Å²) in [4.78, 5) is 4.30. The van der Waals surface area contributed by atoms with E-state index in [1.54, 1.807) is 18.3 Å². The molecule has 114 valence electrons. The zero-order chi connectivity index (χ0) is 15.7. The topological polar surface area (TPSA) is 38.1 Å². The third kappa shape index (κ3) is 3.91. The molecule has 0 fully saturated rings. The van der Waals surface area contributed by atoms with Crippen molar-refractivity contribution in [2.45, 2.75) is 52.1 Å². The van der Waals surface area contributed by atoms with Crippen molar-refractivity contribution in [3.63, 3.8) is 0 Å². The summed E-state index contributed by atoms with van der Waals surface area (Å²) in [5, 5.41) is 3.40. The van der Waals surface area contributed by atoms with Crippen molar-refractivity contribution in [2.24, 2.45) is 0 Å². The lowest BCUT2D eigenvalue weighted by Gasteiger charge is -2.26. The monoisotopic (exact) mass is 290 g/mol. The van der Waals surface area contributed by atoms with Gasteiger partial charge in [0.2, 0.25) is 5.89 Å². The van der Waals surface area contributed by atoms with Gasteiger partial charge in [-0.25, -0.2) is 9.37 Å². The first-order valence-corrected chi connectivity index (χ1v) is 7.15. The molecule has 1 aromatic heterocycles. The minimum Gasteiger partial charge on any atom is -0.444 e. The Bertz CT molecular complexity index is 594. The number of rotatable bonds is 4. The van der Waals surface area contributed by atoms with Gasteiger partial charge in [-0.2, -0.15) is 0 Å². The van der Waals surface area contributed by atoms with Gasteiger partial charge in [0.05, 0.1) is 12.7 Å². The lowest BCUT2D eigenvalue weighted by Crippen LogP contribution is -2.36. The van der Waals surface area contributed by atoms with Crippen LogP contribution in [0.2, 0.25) is 0 Å². The summed E-state index contributed by atoms with van der Waals surface area (Å²) < 4.78 is 18.8. The quantitative estimate of drug-likeness (QED) is 0.919. The van der Waals surface area contributed by atoms with Crippen LogP contribution in [0.25, 0.3) is 0 Å². The molecule has 0 amide bonds. The fraction of sp³-hybridized carbons (Fsp3) is 0.471. The first-order valence-electron chi connectivity index (χ1n) is 7.15. The van der Waals surface area contributed by atoms with Crippen molar-refractivity contribution in [1.82, 2.24) is 10.3 Å². The highest BCUT2D eigenvalue weighted by atomic mass is 19.1. The van der Waals surface area contributed by atoms with Crippen LogP contribution in [-0.2, 0) is 17.5 Å². The molecule has 1 aromatic carbocycles. The van der Waals surface area contributed by atoms with Gasteiger partial charge in [-0.1, -0.05) is 32.9 Å². The molecule has 1 heterocycles. The molecular weight excluding hydrogens is 267 g/mol. The molecule has 0 saturated heterocycles. The highest BCUT2D eigenvalue weighted by Gasteiger charge is 2.22. The Labute approximate surface area is 125 Å². The molecule has 21 heavy (non-hydrogen) atoms. The summed E-state index contributed by atoms with van der Waals surface area (Å²) in [6.45, 7) is 10.9. The summed E-state index contributed by atoms with van der Waals surface area (Å²) in [7, 11) is 0. The van der Waals surface area contributed by atoms with Crippen LogP contribution in [0.5, 0.6) is 0 Å². The van der Waals surface area contributed by atoms with E-state index in [-0.39, 0.29) is 16.8 Å². The standard InChI is InChI=1S/C17H23FN2O/c1-16(2,3)14-10-19-15(21-14)11-20-17(4,5)12-6-8-13(18)9-7-12/h6-10,20H,11H2,1-5H3. The maximum atomic E-state index is 13.0. The van der Waals surface area contributed by atoms with Gasteiger partial charge in [-0.3, -0.25) is 5.32 Å². The maximum absolute atomic E-state index is 13.0. The molecule has 0 radical (unpaired) electrons. The second-order valence-corrected chi connectivity index (χ2v) is 6.85. The van der Waals surface area contributed by atoms with Crippen LogP contribution in [0, 0.1) is 5.82 Å². The van der Waals surface area contributed by atoms with Crippen molar-refractivity contribution in [3.05, 3.63) is 53.5 Å². The second-order valence-electron chi connectivity index (χ2n) is 6.85. The molecule has 0 saturated carbocycles. The van der Waals surface area contributed by atoms with Crippen molar-refractivity contribution >= 4 is 0 Å². The number of benzene rings is 1. The summed E-state index contributed by atoms with van der Waals surface area (Å²) in [6.07, 6.45) is 1.78. The van der Waals surface area contributed by atoms with E-state index < -0.39 is 0 Å². The summed E-state index contributed by atoms with van der Waals surface area (Å²) >= 11 is 0. The fourth-order valence-corrected chi connectivity index (χ4v) is 2.00. The average molecular weight is 290 g/mol. The highest BCUT2D eigenvalue weighted by Crippen LogP contribution is 2.24. The molecule has 0 aliphatic heterocycles. The average Bonchev–Trinajstić information content (AvgIpc) is 2.86. The number of oxazole rings is 1. The first-order chi connectivity index (χ1) is 9.68. The molecule has 4 heteroatoms. The Hall–Kier alpha value is -1.68. The van der Waals surface area contributed by atoms with Gasteiger partial charge in [0.15, 0.2) is 0 Å². The minimum atomic E-state index is -0.288. The lowest BCUT2D eigenvalue weighted by molar-refractivity contribution is 0.337. The molecule has 0 atom stereocenters. The van der Waals surface area contributed by atoms with Crippen molar-refractivity contribution < 1.29 is 8.81 Å². The molecule has 1 N–H and O–H groups in total. The third-order valence-corrected chi connectivity index (χ3v) is 3.54. The van der Waals surface area contributed by atoms with Gasteiger partial charge in [0.25, 0.3) is 0 Å². The van der Waals surface area contributed by atoms with Crippen LogP contribution in [0.4, 0.5) is 4.39 Å². The molecule has 0 spiro atoms. The Balaban J connectivity index is 2.04. The Morgan fingerprint density at radius 3 is 2.24 bits per heavy atom. The van der Waals surface area contributed by atoms with Crippen molar-refractivity contribution in [3.8, 4) is 0 Å². The number of nitrogens with one attached hydrogen (secondary N) is 1. The highest BCUT2D eigenvalue weighted by molar-refractivity contribution is 5.23. The van der Waals surface area contributed by atoms with Gasteiger partial charge in [0, 0.05) is 11.0 Å². The zero-order valence-electron chi connectivity index (χ0n) is 13.3. The van der Waals surface area contributed by atoms with E-state index >= 15 is 0 Å². The molecule has 2 rings (SSSR count).